The fourth-order valence-electron chi connectivity index (χ4n) is 3.99. The van der Waals surface area contributed by atoms with Gasteiger partial charge < -0.3 is 9.32 Å². The van der Waals surface area contributed by atoms with Crippen LogP contribution in [-0.4, -0.2) is 41.2 Å². The Morgan fingerprint density at radius 2 is 1.88 bits per heavy atom. The van der Waals surface area contributed by atoms with Gasteiger partial charge in [0.25, 0.3) is 0 Å². The molecule has 0 fully saturated rings. The SMILES string of the molecule is CC(C)N(Cc1nnc(-c2ccccc2Cl)o1)C(=O)CCS(=O)(=O)c1ccc2c(c1)CCC2. The van der Waals surface area contributed by atoms with E-state index in [-0.39, 0.29) is 47.3 Å². The summed E-state index contributed by atoms with van der Waals surface area (Å²) < 4.78 is 31.4. The Labute approximate surface area is 198 Å². The lowest BCUT2D eigenvalue weighted by atomic mass is 10.1. The second-order valence-corrected chi connectivity index (χ2v) is 11.0. The maximum Gasteiger partial charge on any atom is 0.249 e. The molecular weight excluding hydrogens is 462 g/mol. The van der Waals surface area contributed by atoms with Crippen molar-refractivity contribution in [3.05, 3.63) is 64.5 Å². The van der Waals surface area contributed by atoms with Gasteiger partial charge in [0.2, 0.25) is 17.7 Å². The molecule has 9 heteroatoms. The number of aryl methyl sites for hydroxylation is 2. The fraction of sp³-hybridized carbons (Fsp3) is 0.375. The molecule has 0 saturated carbocycles. The summed E-state index contributed by atoms with van der Waals surface area (Å²) in [7, 11) is -3.56. The average molecular weight is 488 g/mol. The van der Waals surface area contributed by atoms with Gasteiger partial charge in [0, 0.05) is 12.5 Å². The van der Waals surface area contributed by atoms with E-state index in [2.05, 4.69) is 10.2 Å². The number of halogens is 1. The van der Waals surface area contributed by atoms with E-state index in [4.69, 9.17) is 16.0 Å². The Bertz CT molecular complexity index is 1270. The summed E-state index contributed by atoms with van der Waals surface area (Å²) in [5, 5.41) is 8.57. The zero-order valence-corrected chi connectivity index (χ0v) is 20.2. The zero-order chi connectivity index (χ0) is 23.6. The molecule has 174 valence electrons. The van der Waals surface area contributed by atoms with Crippen LogP contribution in [0.1, 0.15) is 43.7 Å². The number of fused-ring (bicyclic) bond motifs is 1. The van der Waals surface area contributed by atoms with Crippen molar-refractivity contribution in [1.29, 1.82) is 0 Å². The van der Waals surface area contributed by atoms with Gasteiger partial charge >= 0.3 is 0 Å². The lowest BCUT2D eigenvalue weighted by Gasteiger charge is -2.25. The van der Waals surface area contributed by atoms with E-state index in [0.29, 0.717) is 10.6 Å². The molecule has 0 N–H and O–H groups in total. The van der Waals surface area contributed by atoms with Crippen LogP contribution in [0.15, 0.2) is 51.8 Å². The highest BCUT2D eigenvalue weighted by molar-refractivity contribution is 7.91. The maximum atomic E-state index is 12.9. The largest absolute Gasteiger partial charge is 0.419 e. The highest BCUT2D eigenvalue weighted by Gasteiger charge is 2.25. The molecule has 0 aliphatic heterocycles. The Hall–Kier alpha value is -2.71. The molecule has 0 radical (unpaired) electrons. The van der Waals surface area contributed by atoms with Crippen molar-refractivity contribution in [2.75, 3.05) is 5.75 Å². The number of amides is 1. The van der Waals surface area contributed by atoms with Crippen molar-refractivity contribution in [2.24, 2.45) is 0 Å². The van der Waals surface area contributed by atoms with Crippen molar-refractivity contribution in [1.82, 2.24) is 15.1 Å². The number of sulfone groups is 1. The molecule has 0 unspecified atom stereocenters. The first-order chi connectivity index (χ1) is 15.7. The summed E-state index contributed by atoms with van der Waals surface area (Å²) in [5.74, 6) is -0.00523. The number of carbonyl (C=O) groups excluding carboxylic acids is 1. The van der Waals surface area contributed by atoms with Crippen LogP contribution in [-0.2, 0) is 34.0 Å². The summed E-state index contributed by atoms with van der Waals surface area (Å²) in [6, 6.07) is 12.3. The predicted molar refractivity (Wildman–Crippen MR) is 126 cm³/mol. The first kappa shape index (κ1) is 23.4. The highest BCUT2D eigenvalue weighted by atomic mass is 35.5. The van der Waals surface area contributed by atoms with E-state index >= 15 is 0 Å². The quantitative estimate of drug-likeness (QED) is 0.465. The third-order valence-corrected chi connectivity index (χ3v) is 7.88. The first-order valence-corrected chi connectivity index (χ1v) is 13.0. The van der Waals surface area contributed by atoms with E-state index in [1.165, 1.54) is 5.56 Å². The Balaban J connectivity index is 1.43. The van der Waals surface area contributed by atoms with Crippen LogP contribution < -0.4 is 0 Å². The molecule has 0 saturated heterocycles. The Morgan fingerprint density at radius 3 is 2.64 bits per heavy atom. The molecule has 4 rings (SSSR count). The van der Waals surface area contributed by atoms with Crippen molar-refractivity contribution in [3.63, 3.8) is 0 Å². The van der Waals surface area contributed by atoms with Crippen molar-refractivity contribution in [3.8, 4) is 11.5 Å². The van der Waals surface area contributed by atoms with Crippen LogP contribution in [0.2, 0.25) is 5.02 Å². The fourth-order valence-corrected chi connectivity index (χ4v) is 5.48. The summed E-state index contributed by atoms with van der Waals surface area (Å²) in [6.07, 6.45) is 2.82. The minimum absolute atomic E-state index is 0.0901. The smallest absolute Gasteiger partial charge is 0.249 e. The average Bonchev–Trinajstić information content (AvgIpc) is 3.45. The molecule has 1 aromatic heterocycles. The molecule has 1 amide bonds. The van der Waals surface area contributed by atoms with Gasteiger partial charge in [-0.15, -0.1) is 10.2 Å². The molecule has 1 heterocycles. The minimum Gasteiger partial charge on any atom is -0.419 e. The molecule has 0 bridgehead atoms. The van der Waals surface area contributed by atoms with E-state index in [1.807, 2.05) is 26.0 Å². The van der Waals surface area contributed by atoms with E-state index in [1.54, 1.807) is 35.2 Å². The normalized spacial score (nSPS) is 13.3. The van der Waals surface area contributed by atoms with Crippen LogP contribution in [0.3, 0.4) is 0 Å². The van der Waals surface area contributed by atoms with Crippen molar-refractivity contribution in [2.45, 2.75) is 57.0 Å². The van der Waals surface area contributed by atoms with E-state index < -0.39 is 9.84 Å². The van der Waals surface area contributed by atoms with Gasteiger partial charge in [-0.1, -0.05) is 29.8 Å². The third kappa shape index (κ3) is 5.28. The van der Waals surface area contributed by atoms with Crippen molar-refractivity contribution < 1.29 is 17.6 Å². The topological polar surface area (TPSA) is 93.4 Å². The van der Waals surface area contributed by atoms with Crippen LogP contribution in [0.4, 0.5) is 0 Å². The van der Waals surface area contributed by atoms with Crippen LogP contribution >= 0.6 is 11.6 Å². The maximum absolute atomic E-state index is 12.9. The summed E-state index contributed by atoms with van der Waals surface area (Å²) >= 11 is 6.19. The second kappa shape index (κ2) is 9.65. The number of aromatic nitrogens is 2. The molecule has 0 atom stereocenters. The lowest BCUT2D eigenvalue weighted by Crippen LogP contribution is -2.37. The molecule has 0 spiro atoms. The predicted octanol–water partition coefficient (Wildman–Crippen LogP) is 4.48. The van der Waals surface area contributed by atoms with Crippen LogP contribution in [0, 0.1) is 0 Å². The van der Waals surface area contributed by atoms with Crippen molar-refractivity contribution >= 4 is 27.3 Å². The van der Waals surface area contributed by atoms with Gasteiger partial charge in [-0.2, -0.15) is 0 Å². The molecule has 1 aliphatic rings. The number of hydrogen-bond donors (Lipinski definition) is 0. The van der Waals surface area contributed by atoms with Gasteiger partial charge in [-0.05, 0) is 68.5 Å². The van der Waals surface area contributed by atoms with Gasteiger partial charge in [0.05, 0.1) is 27.8 Å². The zero-order valence-electron chi connectivity index (χ0n) is 18.6. The molecular formula is C24H26ClN3O4S. The summed E-state index contributed by atoms with van der Waals surface area (Å²) in [4.78, 5) is 14.8. The third-order valence-electron chi connectivity index (χ3n) is 5.83. The van der Waals surface area contributed by atoms with Crippen LogP contribution in [0.25, 0.3) is 11.5 Å². The summed E-state index contributed by atoms with van der Waals surface area (Å²) in [6.45, 7) is 3.81. The van der Waals surface area contributed by atoms with E-state index in [0.717, 1.165) is 24.8 Å². The van der Waals surface area contributed by atoms with Gasteiger partial charge in [0.15, 0.2) is 9.84 Å². The standard InChI is InChI=1S/C24H26ClN3O4S/c1-16(2)28(15-22-26-27-24(32-22)20-8-3-4-9-21(20)25)23(29)12-13-33(30,31)19-11-10-17-6-5-7-18(17)14-19/h3-4,8-11,14,16H,5-7,12-13,15H2,1-2H3. The summed E-state index contributed by atoms with van der Waals surface area (Å²) in [5.41, 5.74) is 2.92. The number of hydrogen-bond acceptors (Lipinski definition) is 6. The minimum atomic E-state index is -3.56. The highest BCUT2D eigenvalue weighted by Crippen LogP contribution is 2.27. The van der Waals surface area contributed by atoms with Crippen LogP contribution in [0.5, 0.6) is 0 Å². The number of nitrogens with zero attached hydrogens (tertiary/aromatic N) is 3. The Kier molecular flexibility index (Phi) is 6.86. The van der Waals surface area contributed by atoms with E-state index in [9.17, 15) is 13.2 Å². The number of carbonyl (C=O) groups is 1. The number of rotatable bonds is 8. The molecule has 7 nitrogen and oxygen atoms in total. The molecule has 2 aromatic carbocycles. The second-order valence-electron chi connectivity index (χ2n) is 8.45. The molecule has 33 heavy (non-hydrogen) atoms. The number of benzene rings is 2. The van der Waals surface area contributed by atoms with Gasteiger partial charge in [-0.3, -0.25) is 4.79 Å². The Morgan fingerprint density at radius 1 is 1.12 bits per heavy atom. The first-order valence-electron chi connectivity index (χ1n) is 11.0. The monoisotopic (exact) mass is 487 g/mol. The van der Waals surface area contributed by atoms with Gasteiger partial charge in [-0.25, -0.2) is 8.42 Å². The lowest BCUT2D eigenvalue weighted by molar-refractivity contribution is -0.133. The molecule has 3 aromatic rings. The molecule has 1 aliphatic carbocycles. The van der Waals surface area contributed by atoms with Gasteiger partial charge in [0.1, 0.15) is 0 Å².